The Hall–Kier alpha value is -0.0600. The number of hydrogen-bond donors (Lipinski definition) is 1. The molecule has 0 radical (unpaired) electrons. The summed E-state index contributed by atoms with van der Waals surface area (Å²) < 4.78 is 1.16. The predicted molar refractivity (Wildman–Crippen MR) is 88.7 cm³/mol. The molecule has 1 atom stereocenters. The second-order valence-electron chi connectivity index (χ2n) is 4.36. The van der Waals surface area contributed by atoms with Gasteiger partial charge in [0.2, 0.25) is 0 Å². The molecular formula is C14H14BrCl2NS. The average Bonchev–Trinajstić information content (AvgIpc) is 2.70. The summed E-state index contributed by atoms with van der Waals surface area (Å²) in [6, 6.07) is 8.26. The molecule has 1 N–H and O–H groups in total. The molecule has 0 bridgehead atoms. The molecule has 5 heteroatoms. The summed E-state index contributed by atoms with van der Waals surface area (Å²) in [5, 5.41) is 4.57. The van der Waals surface area contributed by atoms with Gasteiger partial charge in [-0.25, -0.2) is 0 Å². The van der Waals surface area contributed by atoms with Gasteiger partial charge < -0.3 is 5.32 Å². The fourth-order valence-corrected chi connectivity index (χ4v) is 4.17. The monoisotopic (exact) mass is 377 g/mol. The first-order chi connectivity index (χ1) is 9.01. The molecule has 19 heavy (non-hydrogen) atoms. The molecular weight excluding hydrogens is 365 g/mol. The second-order valence-corrected chi connectivity index (χ2v) is 7.81. The van der Waals surface area contributed by atoms with Crippen molar-refractivity contribution in [3.63, 3.8) is 0 Å². The van der Waals surface area contributed by atoms with Crippen LogP contribution >= 0.6 is 50.5 Å². The van der Waals surface area contributed by atoms with Gasteiger partial charge in [-0.15, -0.1) is 11.3 Å². The van der Waals surface area contributed by atoms with E-state index in [-0.39, 0.29) is 6.04 Å². The van der Waals surface area contributed by atoms with Crippen LogP contribution in [0.15, 0.2) is 28.1 Å². The lowest BCUT2D eigenvalue weighted by molar-refractivity contribution is 0.591. The Labute approximate surface area is 136 Å². The highest BCUT2D eigenvalue weighted by atomic mass is 79.9. The van der Waals surface area contributed by atoms with Gasteiger partial charge in [-0.05, 0) is 65.6 Å². The third-order valence-electron chi connectivity index (χ3n) is 3.07. The van der Waals surface area contributed by atoms with Crippen LogP contribution in [0.4, 0.5) is 0 Å². The Morgan fingerprint density at radius 1 is 1.26 bits per heavy atom. The molecule has 0 saturated heterocycles. The van der Waals surface area contributed by atoms with E-state index >= 15 is 0 Å². The number of aryl methyl sites for hydroxylation is 1. The van der Waals surface area contributed by atoms with Crippen LogP contribution in [0.25, 0.3) is 0 Å². The largest absolute Gasteiger partial charge is 0.313 e. The fourth-order valence-electron chi connectivity index (χ4n) is 2.07. The highest BCUT2D eigenvalue weighted by molar-refractivity contribution is 9.11. The van der Waals surface area contributed by atoms with Gasteiger partial charge in [0.05, 0.1) is 13.8 Å². The number of thiophene rings is 1. The van der Waals surface area contributed by atoms with Crippen molar-refractivity contribution in [2.75, 3.05) is 7.05 Å². The van der Waals surface area contributed by atoms with E-state index in [1.807, 2.05) is 25.2 Å². The standard InChI is InChI=1S/C14H14BrCl2NS/c1-8-10(7-14(15)19-8)13(18-2)6-9-3-4-11(16)12(17)5-9/h3-5,7,13,18H,6H2,1-2H3. The van der Waals surface area contributed by atoms with Crippen LogP contribution in [0.3, 0.4) is 0 Å². The van der Waals surface area contributed by atoms with E-state index in [9.17, 15) is 0 Å². The number of rotatable bonds is 4. The minimum atomic E-state index is 0.278. The molecule has 0 spiro atoms. The van der Waals surface area contributed by atoms with Gasteiger partial charge in [-0.1, -0.05) is 29.3 Å². The van der Waals surface area contributed by atoms with E-state index in [1.54, 1.807) is 11.3 Å². The Kier molecular flexibility index (Phi) is 5.32. The third-order valence-corrected chi connectivity index (χ3v) is 5.38. The zero-order valence-electron chi connectivity index (χ0n) is 10.6. The van der Waals surface area contributed by atoms with Gasteiger partial charge in [-0.3, -0.25) is 0 Å². The number of benzene rings is 1. The van der Waals surface area contributed by atoms with Crippen molar-refractivity contribution in [3.05, 3.63) is 54.1 Å². The molecule has 1 heterocycles. The quantitative estimate of drug-likeness (QED) is 0.726. The summed E-state index contributed by atoms with van der Waals surface area (Å²) in [4.78, 5) is 1.33. The highest BCUT2D eigenvalue weighted by Gasteiger charge is 2.15. The van der Waals surface area contributed by atoms with E-state index < -0.39 is 0 Å². The number of hydrogen-bond acceptors (Lipinski definition) is 2. The smallest absolute Gasteiger partial charge is 0.0704 e. The maximum atomic E-state index is 6.06. The van der Waals surface area contributed by atoms with Crippen molar-refractivity contribution < 1.29 is 0 Å². The second kappa shape index (κ2) is 6.59. The van der Waals surface area contributed by atoms with Gasteiger partial charge in [0, 0.05) is 10.9 Å². The van der Waals surface area contributed by atoms with Gasteiger partial charge in [0.1, 0.15) is 0 Å². The SMILES string of the molecule is CNC(Cc1ccc(Cl)c(Cl)c1)c1cc(Br)sc1C. The van der Waals surface area contributed by atoms with Crippen molar-refractivity contribution in [1.82, 2.24) is 5.32 Å². The van der Waals surface area contributed by atoms with Crippen molar-refractivity contribution in [3.8, 4) is 0 Å². The van der Waals surface area contributed by atoms with Crippen LogP contribution in [-0.4, -0.2) is 7.05 Å². The zero-order valence-corrected chi connectivity index (χ0v) is 14.6. The van der Waals surface area contributed by atoms with E-state index in [4.69, 9.17) is 23.2 Å². The zero-order chi connectivity index (χ0) is 14.0. The maximum Gasteiger partial charge on any atom is 0.0704 e. The van der Waals surface area contributed by atoms with Crippen molar-refractivity contribution in [1.29, 1.82) is 0 Å². The molecule has 0 amide bonds. The number of likely N-dealkylation sites (N-methyl/N-ethyl adjacent to an activating group) is 1. The summed E-state index contributed by atoms with van der Waals surface area (Å²) in [6.45, 7) is 2.14. The van der Waals surface area contributed by atoms with Crippen LogP contribution in [0.5, 0.6) is 0 Å². The third kappa shape index (κ3) is 3.73. The molecule has 0 aliphatic heterocycles. The van der Waals surface area contributed by atoms with Crippen molar-refractivity contribution in [2.24, 2.45) is 0 Å². The van der Waals surface area contributed by atoms with Crippen LogP contribution in [0, 0.1) is 6.92 Å². The molecule has 1 aromatic heterocycles. The Bertz CT molecular complexity index is 583. The molecule has 1 nitrogen and oxygen atoms in total. The van der Waals surface area contributed by atoms with Gasteiger partial charge >= 0.3 is 0 Å². The lowest BCUT2D eigenvalue weighted by Crippen LogP contribution is -2.19. The first kappa shape index (κ1) is 15.3. The van der Waals surface area contributed by atoms with Crippen LogP contribution in [0.2, 0.25) is 10.0 Å². The van der Waals surface area contributed by atoms with Crippen LogP contribution in [-0.2, 0) is 6.42 Å². The van der Waals surface area contributed by atoms with Gasteiger partial charge in [0.25, 0.3) is 0 Å². The van der Waals surface area contributed by atoms with E-state index in [1.165, 1.54) is 16.0 Å². The topological polar surface area (TPSA) is 12.0 Å². The maximum absolute atomic E-state index is 6.06. The Morgan fingerprint density at radius 3 is 2.53 bits per heavy atom. The first-order valence-corrected chi connectivity index (χ1v) is 8.25. The molecule has 102 valence electrons. The molecule has 1 aromatic carbocycles. The van der Waals surface area contributed by atoms with Crippen LogP contribution in [0.1, 0.15) is 22.0 Å². The van der Waals surface area contributed by atoms with Crippen LogP contribution < -0.4 is 5.32 Å². The molecule has 0 aliphatic rings. The summed E-state index contributed by atoms with van der Waals surface area (Å²) >= 11 is 17.3. The van der Waals surface area contributed by atoms with E-state index in [2.05, 4.69) is 34.2 Å². The lowest BCUT2D eigenvalue weighted by Gasteiger charge is -2.16. The van der Waals surface area contributed by atoms with Gasteiger partial charge in [0.15, 0.2) is 0 Å². The normalized spacial score (nSPS) is 12.7. The van der Waals surface area contributed by atoms with Crippen molar-refractivity contribution >= 4 is 50.5 Å². The lowest BCUT2D eigenvalue weighted by atomic mass is 10.00. The molecule has 1 unspecified atom stereocenters. The van der Waals surface area contributed by atoms with E-state index in [0.29, 0.717) is 10.0 Å². The minimum Gasteiger partial charge on any atom is -0.313 e. The minimum absolute atomic E-state index is 0.278. The predicted octanol–water partition coefficient (Wildman–Crippen LogP) is 5.63. The Morgan fingerprint density at radius 2 is 2.00 bits per heavy atom. The summed E-state index contributed by atoms with van der Waals surface area (Å²) in [5.74, 6) is 0. The van der Waals surface area contributed by atoms with Crippen molar-refractivity contribution in [2.45, 2.75) is 19.4 Å². The molecule has 2 aromatic rings. The average molecular weight is 379 g/mol. The molecule has 2 rings (SSSR count). The molecule has 0 saturated carbocycles. The van der Waals surface area contributed by atoms with Gasteiger partial charge in [-0.2, -0.15) is 0 Å². The molecule has 0 aliphatic carbocycles. The number of nitrogens with one attached hydrogen (secondary N) is 1. The molecule has 0 fully saturated rings. The first-order valence-electron chi connectivity index (χ1n) is 5.88. The summed E-state index contributed by atoms with van der Waals surface area (Å²) in [6.07, 6.45) is 0.886. The summed E-state index contributed by atoms with van der Waals surface area (Å²) in [5.41, 5.74) is 2.50. The highest BCUT2D eigenvalue weighted by Crippen LogP contribution is 2.32. The van der Waals surface area contributed by atoms with E-state index in [0.717, 1.165) is 10.2 Å². The Balaban J connectivity index is 2.23. The summed E-state index contributed by atoms with van der Waals surface area (Å²) in [7, 11) is 1.98. The number of halogens is 3. The fraction of sp³-hybridized carbons (Fsp3) is 0.286.